The number of aromatic nitrogens is 4. The predicted octanol–water partition coefficient (Wildman–Crippen LogP) is 14.3. The number of benzene rings is 8. The number of fused-ring (bicyclic) bond motifs is 3. The fourth-order valence-electron chi connectivity index (χ4n) is 8.83. The van der Waals surface area contributed by atoms with Crippen LogP contribution in [0.2, 0.25) is 0 Å². The van der Waals surface area contributed by atoms with Gasteiger partial charge in [-0.1, -0.05) is 139 Å². The van der Waals surface area contributed by atoms with Crippen molar-refractivity contribution >= 4 is 27.5 Å². The van der Waals surface area contributed by atoms with Crippen molar-refractivity contribution in [2.24, 2.45) is 0 Å². The minimum atomic E-state index is 0.522. The molecule has 0 aliphatic rings. The van der Waals surface area contributed by atoms with Gasteiger partial charge in [0.05, 0.1) is 34.9 Å². The van der Waals surface area contributed by atoms with Gasteiger partial charge in [-0.2, -0.15) is 5.26 Å². The highest BCUT2D eigenvalue weighted by molar-refractivity contribution is 6.12. The normalized spacial score (nSPS) is 11.1. The van der Waals surface area contributed by atoms with Gasteiger partial charge in [0, 0.05) is 38.6 Å². The molecule has 0 saturated heterocycles. The van der Waals surface area contributed by atoms with Crippen LogP contribution in [0.25, 0.3) is 99.9 Å². The lowest BCUT2D eigenvalue weighted by molar-refractivity contribution is 1.07. The summed E-state index contributed by atoms with van der Waals surface area (Å²) in [4.78, 5) is 19.0. The SMILES string of the molecule is [C-]#[N+]c1ccc(-c2cc(-c3nc(-c4ccccc4)nc(-c4ccccc4)n3)cc(-c3ccc(C#N)cc3)c2-n2c3ccccc3c3cc(-c4c(C)cc(C)cc4C)ccc32)cc1. The van der Waals surface area contributed by atoms with E-state index >= 15 is 0 Å². The quantitative estimate of drug-likeness (QED) is 0.151. The zero-order valence-corrected chi connectivity index (χ0v) is 34.4. The van der Waals surface area contributed by atoms with Crippen molar-refractivity contribution in [3.05, 3.63) is 210 Å². The lowest BCUT2D eigenvalue weighted by Crippen LogP contribution is -2.04. The van der Waals surface area contributed by atoms with Crippen LogP contribution < -0.4 is 0 Å². The molecular formula is C56H38N6. The van der Waals surface area contributed by atoms with Gasteiger partial charge in [0.25, 0.3) is 0 Å². The van der Waals surface area contributed by atoms with E-state index in [9.17, 15) is 5.26 Å². The van der Waals surface area contributed by atoms with Crippen LogP contribution in [-0.4, -0.2) is 19.5 Å². The molecule has 0 spiro atoms. The van der Waals surface area contributed by atoms with Crippen LogP contribution in [0, 0.1) is 38.7 Å². The number of nitriles is 1. The summed E-state index contributed by atoms with van der Waals surface area (Å²) in [6.45, 7) is 14.3. The largest absolute Gasteiger partial charge is 0.308 e. The molecule has 0 N–H and O–H groups in total. The summed E-state index contributed by atoms with van der Waals surface area (Å²) in [7, 11) is 0. The molecule has 6 heteroatoms. The third-order valence-electron chi connectivity index (χ3n) is 11.6. The first kappa shape index (κ1) is 37.8. The molecule has 0 bridgehead atoms. The fraction of sp³-hybridized carbons (Fsp3) is 0.0536. The molecule has 0 fully saturated rings. The molecule has 10 aromatic rings. The number of hydrogen-bond donors (Lipinski definition) is 0. The summed E-state index contributed by atoms with van der Waals surface area (Å²) in [5.41, 5.74) is 16.6. The van der Waals surface area contributed by atoms with E-state index in [1.165, 1.54) is 27.8 Å². The molecule has 2 heterocycles. The standard InChI is InChI=1S/C56H38N6/c1-35-29-36(2)52(37(3)30-35)43-25-28-51-49(31-43)46-17-11-12-18-50(46)62(51)53-47(39-21-19-38(34-57)20-22-39)32-44(33-48(53)40-23-26-45(58-4)27-24-40)56-60-54(41-13-7-5-8-14-41)59-55(61-56)42-15-9-6-10-16-42/h5-33H,1-3H3. The maximum atomic E-state index is 9.86. The van der Waals surface area contributed by atoms with Gasteiger partial charge >= 0.3 is 0 Å². The monoisotopic (exact) mass is 794 g/mol. The summed E-state index contributed by atoms with van der Waals surface area (Å²) in [6, 6.07) is 62.0. The maximum absolute atomic E-state index is 9.86. The van der Waals surface area contributed by atoms with E-state index in [1.54, 1.807) is 0 Å². The van der Waals surface area contributed by atoms with Crippen LogP contribution >= 0.6 is 0 Å². The molecule has 0 radical (unpaired) electrons. The second kappa shape index (κ2) is 15.6. The van der Waals surface area contributed by atoms with Gasteiger partial charge in [-0.15, -0.1) is 0 Å². The van der Waals surface area contributed by atoms with E-state index in [1.807, 2.05) is 109 Å². The third kappa shape index (κ3) is 6.76. The first-order valence-electron chi connectivity index (χ1n) is 20.5. The molecule has 6 nitrogen and oxygen atoms in total. The summed E-state index contributed by atoms with van der Waals surface area (Å²) >= 11 is 0. The molecule has 0 aliphatic heterocycles. The molecular weight excluding hydrogens is 757 g/mol. The van der Waals surface area contributed by atoms with Crippen molar-refractivity contribution in [1.29, 1.82) is 5.26 Å². The average Bonchev–Trinajstić information content (AvgIpc) is 3.64. The number of hydrogen-bond acceptors (Lipinski definition) is 4. The highest BCUT2D eigenvalue weighted by Gasteiger charge is 2.24. The van der Waals surface area contributed by atoms with E-state index in [0.717, 1.165) is 66.4 Å². The second-order valence-corrected chi connectivity index (χ2v) is 15.7. The molecule has 0 saturated carbocycles. The van der Waals surface area contributed by atoms with Gasteiger partial charge in [0.15, 0.2) is 23.2 Å². The first-order chi connectivity index (χ1) is 30.4. The third-order valence-corrected chi connectivity index (χ3v) is 11.6. The van der Waals surface area contributed by atoms with Crippen LogP contribution in [0.3, 0.4) is 0 Å². The fourth-order valence-corrected chi connectivity index (χ4v) is 8.83. The van der Waals surface area contributed by atoms with Crippen molar-refractivity contribution in [2.75, 3.05) is 0 Å². The average molecular weight is 795 g/mol. The minimum Gasteiger partial charge on any atom is -0.308 e. The molecule has 10 rings (SSSR count). The lowest BCUT2D eigenvalue weighted by atomic mass is 9.91. The minimum absolute atomic E-state index is 0.522. The smallest absolute Gasteiger partial charge is 0.187 e. The van der Waals surface area contributed by atoms with Gasteiger partial charge < -0.3 is 4.57 Å². The first-order valence-corrected chi connectivity index (χ1v) is 20.5. The Morgan fingerprint density at radius 2 is 0.984 bits per heavy atom. The van der Waals surface area contributed by atoms with Crippen LogP contribution in [-0.2, 0) is 0 Å². The van der Waals surface area contributed by atoms with Crippen LogP contribution in [0.15, 0.2) is 176 Å². The second-order valence-electron chi connectivity index (χ2n) is 15.7. The van der Waals surface area contributed by atoms with E-state index in [-0.39, 0.29) is 0 Å². The molecule has 0 atom stereocenters. The lowest BCUT2D eigenvalue weighted by Gasteiger charge is -2.21. The van der Waals surface area contributed by atoms with Crippen LogP contribution in [0.5, 0.6) is 0 Å². The number of rotatable bonds is 7. The van der Waals surface area contributed by atoms with Gasteiger partial charge in [0.2, 0.25) is 0 Å². The number of nitrogens with zero attached hydrogens (tertiary/aromatic N) is 6. The zero-order valence-electron chi connectivity index (χ0n) is 34.4. The summed E-state index contributed by atoms with van der Waals surface area (Å²) < 4.78 is 2.37. The van der Waals surface area contributed by atoms with Gasteiger partial charge in [0.1, 0.15) is 0 Å². The molecule has 2 aromatic heterocycles. The van der Waals surface area contributed by atoms with Crippen molar-refractivity contribution in [2.45, 2.75) is 20.8 Å². The van der Waals surface area contributed by atoms with Crippen LogP contribution in [0.1, 0.15) is 22.3 Å². The summed E-state index contributed by atoms with van der Waals surface area (Å²) in [6.07, 6.45) is 0. The molecule has 8 aromatic carbocycles. The Morgan fingerprint density at radius 1 is 0.484 bits per heavy atom. The zero-order chi connectivity index (χ0) is 42.3. The molecule has 292 valence electrons. The topological polar surface area (TPSA) is 71.8 Å². The highest BCUT2D eigenvalue weighted by Crippen LogP contribution is 2.45. The van der Waals surface area contributed by atoms with E-state index < -0.39 is 0 Å². The van der Waals surface area contributed by atoms with E-state index in [0.29, 0.717) is 28.7 Å². The Hall–Kier alpha value is -8.45. The highest BCUT2D eigenvalue weighted by atomic mass is 15.0. The Labute approximate surface area is 360 Å². The maximum Gasteiger partial charge on any atom is 0.187 e. The molecule has 62 heavy (non-hydrogen) atoms. The van der Waals surface area contributed by atoms with Gasteiger partial charge in [-0.3, -0.25) is 0 Å². The van der Waals surface area contributed by atoms with Crippen molar-refractivity contribution in [3.63, 3.8) is 0 Å². The number of aryl methyl sites for hydroxylation is 3. The van der Waals surface area contributed by atoms with E-state index in [2.05, 4.69) is 103 Å². The Kier molecular flexibility index (Phi) is 9.52. The van der Waals surface area contributed by atoms with Crippen molar-refractivity contribution in [3.8, 4) is 79.3 Å². The van der Waals surface area contributed by atoms with Gasteiger partial charge in [-0.25, -0.2) is 19.8 Å². The van der Waals surface area contributed by atoms with E-state index in [4.69, 9.17) is 21.5 Å². The van der Waals surface area contributed by atoms with Crippen molar-refractivity contribution < 1.29 is 0 Å². The Morgan fingerprint density at radius 3 is 1.55 bits per heavy atom. The number of para-hydroxylation sites is 1. The Bertz CT molecular complexity index is 3270. The molecule has 0 unspecified atom stereocenters. The van der Waals surface area contributed by atoms with Gasteiger partial charge in [-0.05, 0) is 96.6 Å². The summed E-state index contributed by atoms with van der Waals surface area (Å²) in [5, 5.41) is 12.1. The predicted molar refractivity (Wildman–Crippen MR) is 252 cm³/mol. The summed E-state index contributed by atoms with van der Waals surface area (Å²) in [5.74, 6) is 1.66. The molecule has 0 amide bonds. The van der Waals surface area contributed by atoms with Crippen molar-refractivity contribution in [1.82, 2.24) is 19.5 Å². The van der Waals surface area contributed by atoms with Crippen LogP contribution in [0.4, 0.5) is 5.69 Å². The Balaban J connectivity index is 1.31. The molecule has 0 aliphatic carbocycles.